The molecule has 0 aliphatic rings. The normalized spacial score (nSPS) is 11.6. The number of rotatable bonds is 5. The number of nitrogens with zero attached hydrogens (tertiary/aromatic N) is 2. The van der Waals surface area contributed by atoms with Gasteiger partial charge in [0.1, 0.15) is 17.2 Å². The van der Waals surface area contributed by atoms with Crippen LogP contribution in [0.3, 0.4) is 0 Å². The Kier molecular flexibility index (Phi) is 5.09. The molecule has 1 aromatic rings. The molecule has 0 radical (unpaired) electrons. The molecule has 1 amide bonds. The zero-order valence-electron chi connectivity index (χ0n) is 9.95. The van der Waals surface area contributed by atoms with E-state index in [4.69, 9.17) is 4.74 Å². The molecule has 4 nitrogen and oxygen atoms in total. The first-order valence-electron chi connectivity index (χ1n) is 5.16. The van der Waals surface area contributed by atoms with E-state index < -0.39 is 18.6 Å². The van der Waals surface area contributed by atoms with Gasteiger partial charge in [-0.05, 0) is 6.92 Å². The predicted molar refractivity (Wildman–Crippen MR) is 60.5 cm³/mol. The van der Waals surface area contributed by atoms with Gasteiger partial charge in [-0.15, -0.1) is 11.3 Å². The molecule has 102 valence electrons. The van der Waals surface area contributed by atoms with Gasteiger partial charge in [-0.25, -0.2) is 4.98 Å². The minimum absolute atomic E-state index is 0.0184. The lowest BCUT2D eigenvalue weighted by atomic mass is 10.3. The lowest BCUT2D eigenvalue weighted by Crippen LogP contribution is -2.38. The number of alkyl halides is 3. The third-order valence-electron chi connectivity index (χ3n) is 2.08. The number of ether oxygens (including phenoxy) is 1. The number of aromatic nitrogens is 1. The average Bonchev–Trinajstić information content (AvgIpc) is 2.73. The van der Waals surface area contributed by atoms with Crippen LogP contribution in [0.15, 0.2) is 5.38 Å². The summed E-state index contributed by atoms with van der Waals surface area (Å²) in [6.07, 6.45) is -4.41. The molecular formula is C10H13F3N2O2S. The van der Waals surface area contributed by atoms with Gasteiger partial charge < -0.3 is 9.64 Å². The molecule has 0 spiro atoms. The molecule has 1 heterocycles. The van der Waals surface area contributed by atoms with Crippen molar-refractivity contribution in [3.8, 4) is 0 Å². The second-order valence-corrected chi connectivity index (χ2v) is 4.44. The molecular weight excluding hydrogens is 269 g/mol. The molecule has 0 aliphatic carbocycles. The topological polar surface area (TPSA) is 42.4 Å². The van der Waals surface area contributed by atoms with Crippen LogP contribution in [0.1, 0.15) is 22.4 Å². The third kappa shape index (κ3) is 4.26. The number of thiazole rings is 1. The Morgan fingerprint density at radius 1 is 1.56 bits per heavy atom. The van der Waals surface area contributed by atoms with Crippen LogP contribution in [0.2, 0.25) is 0 Å². The van der Waals surface area contributed by atoms with Crippen LogP contribution >= 0.6 is 11.3 Å². The Morgan fingerprint density at radius 3 is 2.72 bits per heavy atom. The number of halogens is 3. The summed E-state index contributed by atoms with van der Waals surface area (Å²) in [6, 6.07) is 0. The molecule has 1 rings (SSSR count). The molecule has 0 saturated heterocycles. The number of methoxy groups -OCH3 is 1. The van der Waals surface area contributed by atoms with Gasteiger partial charge in [0, 0.05) is 19.0 Å². The van der Waals surface area contributed by atoms with Gasteiger partial charge in [0.25, 0.3) is 5.91 Å². The summed E-state index contributed by atoms with van der Waals surface area (Å²) in [5.41, 5.74) is 0.0261. The lowest BCUT2D eigenvalue weighted by molar-refractivity contribution is -0.140. The first-order chi connectivity index (χ1) is 8.37. The largest absolute Gasteiger partial charge is 0.406 e. The molecule has 0 atom stereocenters. The fourth-order valence-electron chi connectivity index (χ4n) is 1.30. The summed E-state index contributed by atoms with van der Waals surface area (Å²) in [5.74, 6) is -0.714. The lowest BCUT2D eigenvalue weighted by Gasteiger charge is -2.21. The van der Waals surface area contributed by atoms with Gasteiger partial charge in [-0.3, -0.25) is 4.79 Å². The number of carbonyl (C=O) groups excluding carboxylic acids is 1. The van der Waals surface area contributed by atoms with Crippen LogP contribution in [0.5, 0.6) is 0 Å². The quantitative estimate of drug-likeness (QED) is 0.832. The highest BCUT2D eigenvalue weighted by Crippen LogP contribution is 2.19. The van der Waals surface area contributed by atoms with E-state index in [2.05, 4.69) is 4.98 Å². The van der Waals surface area contributed by atoms with Crippen molar-refractivity contribution in [1.82, 2.24) is 9.88 Å². The first kappa shape index (κ1) is 14.9. The first-order valence-corrected chi connectivity index (χ1v) is 6.04. The highest BCUT2D eigenvalue weighted by Gasteiger charge is 2.33. The SMILES string of the molecule is CCN(CC(F)(F)F)C(=O)c1csc(COC)n1. The zero-order valence-corrected chi connectivity index (χ0v) is 10.8. The molecule has 0 saturated carbocycles. The Balaban J connectivity index is 2.76. The maximum atomic E-state index is 12.3. The number of hydrogen-bond donors (Lipinski definition) is 0. The second-order valence-electron chi connectivity index (χ2n) is 3.49. The van der Waals surface area contributed by atoms with Crippen LogP contribution in [0.4, 0.5) is 13.2 Å². The van der Waals surface area contributed by atoms with Gasteiger partial charge >= 0.3 is 6.18 Å². The summed E-state index contributed by atoms with van der Waals surface area (Å²) in [5, 5.41) is 2.00. The minimum Gasteiger partial charge on any atom is -0.378 e. The van der Waals surface area contributed by atoms with Crippen molar-refractivity contribution in [2.45, 2.75) is 19.7 Å². The van der Waals surface area contributed by atoms with Crippen molar-refractivity contribution < 1.29 is 22.7 Å². The Bertz CT molecular complexity index is 406. The van der Waals surface area contributed by atoms with E-state index in [0.29, 0.717) is 9.91 Å². The van der Waals surface area contributed by atoms with Gasteiger partial charge in [0.15, 0.2) is 0 Å². The van der Waals surface area contributed by atoms with Gasteiger partial charge in [-0.1, -0.05) is 0 Å². The van der Waals surface area contributed by atoms with Crippen LogP contribution in [-0.4, -0.2) is 42.2 Å². The van der Waals surface area contributed by atoms with E-state index >= 15 is 0 Å². The summed E-state index contributed by atoms with van der Waals surface area (Å²) < 4.78 is 41.6. The highest BCUT2D eigenvalue weighted by molar-refractivity contribution is 7.09. The molecule has 0 aromatic carbocycles. The molecule has 0 N–H and O–H groups in total. The standard InChI is InChI=1S/C10H13F3N2O2S/c1-3-15(6-10(11,12)13)9(16)7-5-18-8(14-7)4-17-2/h5H,3-4,6H2,1-2H3. The fraction of sp³-hybridized carbons (Fsp3) is 0.600. The minimum atomic E-state index is -4.41. The summed E-state index contributed by atoms with van der Waals surface area (Å²) >= 11 is 1.18. The van der Waals surface area contributed by atoms with Crippen molar-refractivity contribution in [3.63, 3.8) is 0 Å². The molecule has 18 heavy (non-hydrogen) atoms. The van der Waals surface area contributed by atoms with Crippen LogP contribution < -0.4 is 0 Å². The summed E-state index contributed by atoms with van der Waals surface area (Å²) in [7, 11) is 1.48. The Morgan fingerprint density at radius 2 is 2.22 bits per heavy atom. The van der Waals surface area contributed by atoms with E-state index in [-0.39, 0.29) is 18.8 Å². The van der Waals surface area contributed by atoms with Crippen LogP contribution in [0, 0.1) is 0 Å². The highest BCUT2D eigenvalue weighted by atomic mass is 32.1. The van der Waals surface area contributed by atoms with Crippen molar-refractivity contribution in [2.75, 3.05) is 20.2 Å². The van der Waals surface area contributed by atoms with Crippen molar-refractivity contribution in [1.29, 1.82) is 0 Å². The van der Waals surface area contributed by atoms with Gasteiger partial charge in [0.05, 0.1) is 6.61 Å². The third-order valence-corrected chi connectivity index (χ3v) is 2.90. The second kappa shape index (κ2) is 6.14. The summed E-state index contributed by atoms with van der Waals surface area (Å²) in [4.78, 5) is 16.4. The summed E-state index contributed by atoms with van der Waals surface area (Å²) in [6.45, 7) is 0.449. The maximum absolute atomic E-state index is 12.3. The molecule has 0 aliphatic heterocycles. The van der Waals surface area contributed by atoms with Crippen LogP contribution in [0.25, 0.3) is 0 Å². The number of hydrogen-bond acceptors (Lipinski definition) is 4. The van der Waals surface area contributed by atoms with E-state index in [1.165, 1.54) is 30.8 Å². The average molecular weight is 282 g/mol. The van der Waals surface area contributed by atoms with Crippen LogP contribution in [-0.2, 0) is 11.3 Å². The smallest absolute Gasteiger partial charge is 0.378 e. The molecule has 1 aromatic heterocycles. The molecule has 0 bridgehead atoms. The number of amides is 1. The Hall–Kier alpha value is -1.15. The van der Waals surface area contributed by atoms with Crippen molar-refractivity contribution in [3.05, 3.63) is 16.1 Å². The monoisotopic (exact) mass is 282 g/mol. The van der Waals surface area contributed by atoms with Gasteiger partial charge in [-0.2, -0.15) is 13.2 Å². The molecule has 0 unspecified atom stereocenters. The van der Waals surface area contributed by atoms with E-state index in [0.717, 1.165) is 0 Å². The molecule has 8 heteroatoms. The number of carbonyl (C=O) groups is 1. The maximum Gasteiger partial charge on any atom is 0.406 e. The fourth-order valence-corrected chi connectivity index (χ4v) is 2.04. The predicted octanol–water partition coefficient (Wildman–Crippen LogP) is 2.31. The van der Waals surface area contributed by atoms with Gasteiger partial charge in [0.2, 0.25) is 0 Å². The molecule has 0 fully saturated rings. The zero-order chi connectivity index (χ0) is 13.8. The van der Waals surface area contributed by atoms with E-state index in [1.807, 2.05) is 0 Å². The van der Waals surface area contributed by atoms with Crippen molar-refractivity contribution >= 4 is 17.2 Å². The Labute approximate surface area is 106 Å². The van der Waals surface area contributed by atoms with E-state index in [1.54, 1.807) is 0 Å². The van der Waals surface area contributed by atoms with Crippen molar-refractivity contribution in [2.24, 2.45) is 0 Å². The van der Waals surface area contributed by atoms with E-state index in [9.17, 15) is 18.0 Å².